The smallest absolute Gasteiger partial charge is 0.129 e. The molecule has 1 aliphatic carbocycles. The van der Waals surface area contributed by atoms with Crippen LogP contribution < -0.4 is 16.6 Å². The van der Waals surface area contributed by atoms with Crippen LogP contribution in [0.3, 0.4) is 0 Å². The normalized spacial score (nSPS) is 20.9. The summed E-state index contributed by atoms with van der Waals surface area (Å²) in [6.45, 7) is 11.9. The second-order valence-electron chi connectivity index (χ2n) is 12.0. The Balaban J connectivity index is 1.38. The quantitative estimate of drug-likeness (QED) is 0.0593. The largest absolute Gasteiger partial charge is 0.383 e. The van der Waals surface area contributed by atoms with Gasteiger partial charge in [0.05, 0.1) is 38.0 Å². The summed E-state index contributed by atoms with van der Waals surface area (Å²) < 4.78 is 16.3. The van der Waals surface area contributed by atoms with Crippen molar-refractivity contribution in [3.63, 3.8) is 0 Å². The Hall–Kier alpha value is -2.78. The zero-order valence-corrected chi connectivity index (χ0v) is 27.7. The first-order chi connectivity index (χ1) is 22.1. The summed E-state index contributed by atoms with van der Waals surface area (Å²) in [5.74, 6) is 3.70. The molecule has 0 bridgehead atoms. The summed E-state index contributed by atoms with van der Waals surface area (Å²) in [5, 5.41) is 0. The minimum atomic E-state index is -0.0535. The van der Waals surface area contributed by atoms with Gasteiger partial charge in [-0.1, -0.05) is 43.2 Å². The van der Waals surface area contributed by atoms with Crippen molar-refractivity contribution in [2.75, 3.05) is 86.0 Å². The maximum Gasteiger partial charge on any atom is 0.129 e. The molecule has 250 valence electrons. The number of nitrogens with one attached hydrogen (secondary N) is 2. The van der Waals surface area contributed by atoms with Crippen LogP contribution >= 0.6 is 0 Å². The Labute approximate surface area is 271 Å². The molecule has 3 atom stereocenters. The van der Waals surface area contributed by atoms with Crippen LogP contribution in [0.5, 0.6) is 0 Å². The second kappa shape index (κ2) is 22.7. The van der Waals surface area contributed by atoms with Gasteiger partial charge in [0, 0.05) is 64.8 Å². The highest BCUT2D eigenvalue weighted by molar-refractivity contribution is 6.14. The van der Waals surface area contributed by atoms with Gasteiger partial charge in [0.2, 0.25) is 0 Å². The van der Waals surface area contributed by atoms with E-state index < -0.39 is 0 Å². The summed E-state index contributed by atoms with van der Waals surface area (Å²) in [5.41, 5.74) is 15.2. The number of nitrogens with two attached hydrogens (primary N) is 1. The van der Waals surface area contributed by atoms with Crippen molar-refractivity contribution in [3.05, 3.63) is 47.7 Å². The van der Waals surface area contributed by atoms with E-state index in [0.717, 1.165) is 63.8 Å². The number of rotatable bonds is 22. The number of nitrogens with zero attached hydrogens (tertiary/aromatic N) is 4. The maximum atomic E-state index is 6.60. The standard InChI is InChI=1S/C35H57N7O3/c1-4-20-43-22-24-45-25-23-44-21-10-6-9-15-41-16-18-42(19-17-41)29-34(31-11-7-5-8-12-31)39-35(36)32(27-37-3)28-38-40-33-14-13-30(2)26-33/h1,5,7-8,11-12,27-28,30,33-34,38,40H,6,9-10,13-26,29H2,2-3H3,(H2,36,39). The number of ether oxygens (including phenoxy) is 3. The SMILES string of the molecule is C#CCOCCOCCOCCCCCN1CCN(CC(N=C(N)C(C=NC)=CNNC2CCC(C)C2)c2ccccc2)CC1. The first-order valence-corrected chi connectivity index (χ1v) is 16.7. The van der Waals surface area contributed by atoms with Gasteiger partial charge in [-0.2, -0.15) is 0 Å². The molecular weight excluding hydrogens is 566 g/mol. The van der Waals surface area contributed by atoms with Gasteiger partial charge < -0.3 is 30.3 Å². The molecule has 1 aromatic rings. The lowest BCUT2D eigenvalue weighted by Gasteiger charge is -2.36. The lowest BCUT2D eigenvalue weighted by molar-refractivity contribution is 0.0194. The van der Waals surface area contributed by atoms with Gasteiger partial charge in [-0.3, -0.25) is 14.9 Å². The fraction of sp³-hybridized carbons (Fsp3) is 0.657. The molecule has 0 spiro atoms. The highest BCUT2D eigenvalue weighted by Crippen LogP contribution is 2.24. The van der Waals surface area contributed by atoms with E-state index in [1.165, 1.54) is 37.7 Å². The van der Waals surface area contributed by atoms with E-state index in [1.807, 2.05) is 12.3 Å². The molecule has 1 heterocycles. The number of aliphatic imine (C=N–C) groups is 2. The number of benzene rings is 1. The predicted molar refractivity (Wildman–Crippen MR) is 184 cm³/mol. The molecule has 10 heteroatoms. The van der Waals surface area contributed by atoms with Gasteiger partial charge in [0.15, 0.2) is 0 Å². The Kier molecular flexibility index (Phi) is 18.5. The van der Waals surface area contributed by atoms with Gasteiger partial charge in [0.1, 0.15) is 12.4 Å². The molecule has 1 saturated carbocycles. The van der Waals surface area contributed by atoms with E-state index in [1.54, 1.807) is 13.3 Å². The van der Waals surface area contributed by atoms with Crippen LogP contribution in [0.4, 0.5) is 0 Å². The van der Waals surface area contributed by atoms with E-state index in [2.05, 4.69) is 62.8 Å². The van der Waals surface area contributed by atoms with E-state index in [0.29, 0.717) is 44.9 Å². The van der Waals surface area contributed by atoms with Crippen molar-refractivity contribution < 1.29 is 14.2 Å². The minimum Gasteiger partial charge on any atom is -0.383 e. The highest BCUT2D eigenvalue weighted by atomic mass is 16.5. The predicted octanol–water partition coefficient (Wildman–Crippen LogP) is 3.42. The zero-order valence-electron chi connectivity index (χ0n) is 27.7. The minimum absolute atomic E-state index is 0.0535. The Bertz CT molecular complexity index is 1050. The third-order valence-electron chi connectivity index (χ3n) is 8.34. The van der Waals surface area contributed by atoms with E-state index in [-0.39, 0.29) is 6.04 Å². The van der Waals surface area contributed by atoms with Crippen molar-refractivity contribution in [1.82, 2.24) is 20.7 Å². The van der Waals surface area contributed by atoms with Gasteiger partial charge in [-0.15, -0.1) is 6.42 Å². The summed E-state index contributed by atoms with van der Waals surface area (Å²) in [6, 6.07) is 10.9. The average molecular weight is 624 g/mol. The molecular formula is C35H57N7O3. The molecule has 2 fully saturated rings. The van der Waals surface area contributed by atoms with E-state index in [4.69, 9.17) is 31.4 Å². The van der Waals surface area contributed by atoms with Crippen LogP contribution in [-0.2, 0) is 14.2 Å². The zero-order chi connectivity index (χ0) is 32.0. The van der Waals surface area contributed by atoms with Crippen LogP contribution in [0.2, 0.25) is 0 Å². The summed E-state index contributed by atoms with van der Waals surface area (Å²) in [6.07, 6.45) is 15.9. The van der Waals surface area contributed by atoms with Gasteiger partial charge in [0.25, 0.3) is 0 Å². The maximum absolute atomic E-state index is 6.60. The third-order valence-corrected chi connectivity index (χ3v) is 8.34. The molecule has 1 aromatic carbocycles. The lowest BCUT2D eigenvalue weighted by Crippen LogP contribution is -2.47. The first-order valence-electron chi connectivity index (χ1n) is 16.7. The van der Waals surface area contributed by atoms with Gasteiger partial charge >= 0.3 is 0 Å². The Morgan fingerprint density at radius 3 is 2.40 bits per heavy atom. The summed E-state index contributed by atoms with van der Waals surface area (Å²) in [7, 11) is 1.76. The number of hydrogen-bond acceptors (Lipinski definition) is 9. The molecule has 10 nitrogen and oxygen atoms in total. The first kappa shape index (κ1) is 36.7. The van der Waals surface area contributed by atoms with E-state index in [9.17, 15) is 0 Å². The number of amidine groups is 1. The fourth-order valence-corrected chi connectivity index (χ4v) is 5.76. The van der Waals surface area contributed by atoms with Crippen molar-refractivity contribution in [2.45, 2.75) is 57.5 Å². The number of piperazine rings is 1. The molecule has 3 rings (SSSR count). The second-order valence-corrected chi connectivity index (χ2v) is 12.0. The van der Waals surface area contributed by atoms with Crippen molar-refractivity contribution in [3.8, 4) is 12.3 Å². The molecule has 45 heavy (non-hydrogen) atoms. The van der Waals surface area contributed by atoms with Crippen LogP contribution in [0.15, 0.2) is 52.1 Å². The van der Waals surface area contributed by atoms with Crippen LogP contribution in [-0.4, -0.2) is 114 Å². The molecule has 2 aliphatic rings. The number of hydrazine groups is 1. The molecule has 0 radical (unpaired) electrons. The highest BCUT2D eigenvalue weighted by Gasteiger charge is 2.22. The topological polar surface area (TPSA) is 109 Å². The number of terminal acetylenes is 1. The van der Waals surface area contributed by atoms with Gasteiger partial charge in [-0.05, 0) is 56.6 Å². The number of hydrogen-bond donors (Lipinski definition) is 3. The molecule has 0 amide bonds. The van der Waals surface area contributed by atoms with Gasteiger partial charge in [-0.25, -0.2) is 5.43 Å². The molecule has 0 aromatic heterocycles. The van der Waals surface area contributed by atoms with Crippen molar-refractivity contribution in [2.24, 2.45) is 21.6 Å². The van der Waals surface area contributed by atoms with Crippen LogP contribution in [0.1, 0.15) is 57.1 Å². The summed E-state index contributed by atoms with van der Waals surface area (Å²) >= 11 is 0. The third kappa shape index (κ3) is 15.4. The average Bonchev–Trinajstić information content (AvgIpc) is 3.48. The van der Waals surface area contributed by atoms with Crippen LogP contribution in [0.25, 0.3) is 0 Å². The summed E-state index contributed by atoms with van der Waals surface area (Å²) in [4.78, 5) is 14.4. The Morgan fingerprint density at radius 2 is 1.71 bits per heavy atom. The number of unbranched alkanes of at least 4 members (excludes halogenated alkanes) is 2. The molecule has 4 N–H and O–H groups in total. The fourth-order valence-electron chi connectivity index (χ4n) is 5.76. The lowest BCUT2D eigenvalue weighted by atomic mass is 10.1. The molecule has 1 aliphatic heterocycles. The monoisotopic (exact) mass is 623 g/mol. The molecule has 3 unspecified atom stereocenters. The molecule has 1 saturated heterocycles. The van der Waals surface area contributed by atoms with Crippen LogP contribution in [0, 0.1) is 18.3 Å². The van der Waals surface area contributed by atoms with Crippen molar-refractivity contribution in [1.29, 1.82) is 0 Å². The van der Waals surface area contributed by atoms with Crippen molar-refractivity contribution >= 4 is 12.1 Å². The van der Waals surface area contributed by atoms with E-state index >= 15 is 0 Å². The Morgan fingerprint density at radius 1 is 1.00 bits per heavy atom.